The topological polar surface area (TPSA) is 72.9 Å². The third-order valence-corrected chi connectivity index (χ3v) is 7.49. The Morgan fingerprint density at radius 1 is 1.03 bits per heavy atom. The molecule has 3 aromatic carbocycles. The third-order valence-electron chi connectivity index (χ3n) is 5.66. The quantitative estimate of drug-likeness (QED) is 0.430. The zero-order chi connectivity index (χ0) is 25.2. The molecule has 0 unspecified atom stereocenters. The molecule has 0 radical (unpaired) electrons. The Morgan fingerprint density at radius 3 is 2.54 bits per heavy atom. The summed E-state index contributed by atoms with van der Waals surface area (Å²) >= 11 is 0. The highest BCUT2D eigenvalue weighted by Crippen LogP contribution is 2.35. The van der Waals surface area contributed by atoms with E-state index in [0.717, 1.165) is 24.1 Å². The standard InChI is InChI=1S/C25H22F3NO5S/c1-33-22-12-11-19(24(30)34-16-17-6-4-9-20(14-17)25(26,27)28)15-23(22)35(31,32)29-13-5-8-18-7-2-3-10-21(18)29/h2-4,6-7,9-12,14-15H,5,8,13,16H2,1H3. The molecule has 35 heavy (non-hydrogen) atoms. The van der Waals surface area contributed by atoms with Crippen molar-refractivity contribution in [1.29, 1.82) is 0 Å². The van der Waals surface area contributed by atoms with E-state index in [0.29, 0.717) is 12.1 Å². The second-order valence-electron chi connectivity index (χ2n) is 7.95. The van der Waals surface area contributed by atoms with Crippen molar-refractivity contribution in [2.45, 2.75) is 30.5 Å². The van der Waals surface area contributed by atoms with Crippen molar-refractivity contribution >= 4 is 21.7 Å². The number of hydrogen-bond donors (Lipinski definition) is 0. The van der Waals surface area contributed by atoms with Gasteiger partial charge in [-0.15, -0.1) is 0 Å². The number of fused-ring (bicyclic) bond motifs is 1. The van der Waals surface area contributed by atoms with Crippen molar-refractivity contribution in [3.63, 3.8) is 0 Å². The number of rotatable bonds is 6. The molecule has 0 fully saturated rings. The molecule has 1 aliphatic rings. The fraction of sp³-hybridized carbons (Fsp3) is 0.240. The summed E-state index contributed by atoms with van der Waals surface area (Å²) in [5.41, 5.74) is 0.697. The largest absolute Gasteiger partial charge is 0.495 e. The summed E-state index contributed by atoms with van der Waals surface area (Å²) < 4.78 is 77.7. The number of ether oxygens (including phenoxy) is 2. The van der Waals surface area contributed by atoms with Gasteiger partial charge in [-0.25, -0.2) is 13.2 Å². The lowest BCUT2D eigenvalue weighted by atomic mass is 10.0. The lowest BCUT2D eigenvalue weighted by Gasteiger charge is -2.31. The van der Waals surface area contributed by atoms with Crippen molar-refractivity contribution in [3.8, 4) is 5.75 Å². The molecule has 4 rings (SSSR count). The average Bonchev–Trinajstić information content (AvgIpc) is 2.86. The SMILES string of the molecule is COc1ccc(C(=O)OCc2cccc(C(F)(F)F)c2)cc1S(=O)(=O)N1CCCc2ccccc21. The Morgan fingerprint density at radius 2 is 1.80 bits per heavy atom. The molecule has 0 saturated carbocycles. The van der Waals surface area contributed by atoms with Gasteiger partial charge < -0.3 is 9.47 Å². The molecule has 1 aliphatic heterocycles. The molecule has 10 heteroatoms. The summed E-state index contributed by atoms with van der Waals surface area (Å²) in [5.74, 6) is -0.817. The number of methoxy groups -OCH3 is 1. The first-order chi connectivity index (χ1) is 16.6. The van der Waals surface area contributed by atoms with Crippen LogP contribution in [0.15, 0.2) is 71.6 Å². The second-order valence-corrected chi connectivity index (χ2v) is 9.78. The van der Waals surface area contributed by atoms with Crippen molar-refractivity contribution in [3.05, 3.63) is 89.0 Å². The molecular weight excluding hydrogens is 483 g/mol. The first-order valence-corrected chi connectivity index (χ1v) is 12.2. The van der Waals surface area contributed by atoms with E-state index in [1.54, 1.807) is 12.1 Å². The Bertz CT molecular complexity index is 1360. The highest BCUT2D eigenvalue weighted by Gasteiger charge is 2.32. The maximum atomic E-state index is 13.6. The van der Waals surface area contributed by atoms with E-state index in [-0.39, 0.29) is 28.3 Å². The summed E-state index contributed by atoms with van der Waals surface area (Å²) in [6.45, 7) is -0.136. The van der Waals surface area contributed by atoms with E-state index in [1.165, 1.54) is 41.7 Å². The van der Waals surface area contributed by atoms with Crippen LogP contribution in [0, 0.1) is 0 Å². The minimum absolute atomic E-state index is 0.0579. The Hall–Kier alpha value is -3.53. The monoisotopic (exact) mass is 505 g/mol. The number of alkyl halides is 3. The van der Waals surface area contributed by atoms with Gasteiger partial charge in [0, 0.05) is 6.54 Å². The van der Waals surface area contributed by atoms with Crippen LogP contribution in [-0.2, 0) is 34.0 Å². The molecule has 0 spiro atoms. The lowest BCUT2D eigenvalue weighted by Crippen LogP contribution is -2.35. The van der Waals surface area contributed by atoms with E-state index in [1.807, 2.05) is 12.1 Å². The number of hydrogen-bond acceptors (Lipinski definition) is 5. The van der Waals surface area contributed by atoms with E-state index in [2.05, 4.69) is 0 Å². The number of sulfonamides is 1. The molecule has 0 atom stereocenters. The fourth-order valence-electron chi connectivity index (χ4n) is 3.94. The number of aryl methyl sites for hydroxylation is 1. The number of para-hydroxylation sites is 1. The van der Waals surface area contributed by atoms with Crippen LogP contribution < -0.4 is 9.04 Å². The van der Waals surface area contributed by atoms with Gasteiger partial charge in [0.25, 0.3) is 10.0 Å². The van der Waals surface area contributed by atoms with Gasteiger partial charge in [0.1, 0.15) is 17.3 Å². The van der Waals surface area contributed by atoms with Gasteiger partial charge in [0.15, 0.2) is 0 Å². The van der Waals surface area contributed by atoms with Crippen LogP contribution >= 0.6 is 0 Å². The number of halogens is 3. The van der Waals surface area contributed by atoms with Gasteiger partial charge in [-0.3, -0.25) is 4.31 Å². The zero-order valence-corrected chi connectivity index (χ0v) is 19.5. The predicted octanol–water partition coefficient (Wildman–Crippen LogP) is 5.21. The van der Waals surface area contributed by atoms with Crippen LogP contribution in [-0.4, -0.2) is 28.0 Å². The zero-order valence-electron chi connectivity index (χ0n) is 18.7. The molecule has 0 amide bonds. The molecule has 0 N–H and O–H groups in total. The Labute approximate surface area is 201 Å². The third kappa shape index (κ3) is 5.12. The van der Waals surface area contributed by atoms with Gasteiger partial charge in [0.05, 0.1) is 23.9 Å². The lowest BCUT2D eigenvalue weighted by molar-refractivity contribution is -0.137. The van der Waals surface area contributed by atoms with Gasteiger partial charge in [0.2, 0.25) is 0 Å². The Balaban J connectivity index is 1.60. The van der Waals surface area contributed by atoms with Crippen molar-refractivity contribution in [1.82, 2.24) is 0 Å². The van der Waals surface area contributed by atoms with Gasteiger partial charge in [-0.05, 0) is 60.4 Å². The molecule has 0 aliphatic carbocycles. The second kappa shape index (κ2) is 9.61. The van der Waals surface area contributed by atoms with Crippen LogP contribution in [0.25, 0.3) is 0 Å². The smallest absolute Gasteiger partial charge is 0.416 e. The van der Waals surface area contributed by atoms with Crippen LogP contribution in [0.4, 0.5) is 18.9 Å². The van der Waals surface area contributed by atoms with Crippen LogP contribution in [0.2, 0.25) is 0 Å². The van der Waals surface area contributed by atoms with Crippen molar-refractivity contribution < 1.29 is 35.9 Å². The van der Waals surface area contributed by atoms with E-state index in [4.69, 9.17) is 9.47 Å². The van der Waals surface area contributed by atoms with Gasteiger partial charge in [-0.1, -0.05) is 30.3 Å². The first-order valence-electron chi connectivity index (χ1n) is 10.7. The average molecular weight is 506 g/mol. The predicted molar refractivity (Wildman–Crippen MR) is 123 cm³/mol. The maximum Gasteiger partial charge on any atom is 0.416 e. The highest BCUT2D eigenvalue weighted by molar-refractivity contribution is 7.93. The summed E-state index contributed by atoms with van der Waals surface area (Å²) in [5, 5.41) is 0. The number of nitrogens with zero attached hydrogens (tertiary/aromatic N) is 1. The first kappa shape index (κ1) is 24.6. The number of benzene rings is 3. The fourth-order valence-corrected chi connectivity index (χ4v) is 5.67. The van der Waals surface area contributed by atoms with Crippen molar-refractivity contribution in [2.75, 3.05) is 18.0 Å². The maximum absolute atomic E-state index is 13.6. The molecule has 1 heterocycles. The molecule has 0 aromatic heterocycles. The number of carbonyl (C=O) groups excluding carboxylic acids is 1. The van der Waals surface area contributed by atoms with Crippen LogP contribution in [0.1, 0.15) is 33.5 Å². The minimum atomic E-state index is -4.52. The van der Waals surface area contributed by atoms with E-state index >= 15 is 0 Å². The molecule has 184 valence electrons. The summed E-state index contributed by atoms with van der Waals surface area (Å²) in [6, 6.07) is 15.5. The highest BCUT2D eigenvalue weighted by atomic mass is 32.2. The number of carbonyl (C=O) groups is 1. The molecule has 0 saturated heterocycles. The van der Waals surface area contributed by atoms with Crippen LogP contribution in [0.3, 0.4) is 0 Å². The van der Waals surface area contributed by atoms with Gasteiger partial charge in [-0.2, -0.15) is 13.2 Å². The number of esters is 1. The molecule has 6 nitrogen and oxygen atoms in total. The molecule has 0 bridgehead atoms. The summed E-state index contributed by atoms with van der Waals surface area (Å²) in [4.78, 5) is 12.5. The minimum Gasteiger partial charge on any atom is -0.495 e. The summed E-state index contributed by atoms with van der Waals surface area (Å²) in [7, 11) is -2.76. The van der Waals surface area contributed by atoms with Gasteiger partial charge >= 0.3 is 12.1 Å². The normalized spacial score (nSPS) is 13.8. The molecular formula is C25H22F3NO5S. The summed E-state index contributed by atoms with van der Waals surface area (Å²) in [6.07, 6.45) is -3.13. The van der Waals surface area contributed by atoms with E-state index in [9.17, 15) is 26.4 Å². The van der Waals surface area contributed by atoms with Crippen LogP contribution in [0.5, 0.6) is 5.75 Å². The number of anilines is 1. The van der Waals surface area contributed by atoms with E-state index < -0.39 is 34.3 Å². The molecule has 3 aromatic rings. The Kier molecular flexibility index (Phi) is 6.75. The van der Waals surface area contributed by atoms with Crippen molar-refractivity contribution in [2.24, 2.45) is 0 Å².